The summed E-state index contributed by atoms with van der Waals surface area (Å²) in [6, 6.07) is 6.63. The molecule has 0 bridgehead atoms. The number of halogens is 1. The molecular weight excluding hydrogens is 320 g/mol. The van der Waals surface area contributed by atoms with Crippen molar-refractivity contribution < 1.29 is 14.4 Å². The number of aliphatic hydroxyl groups is 1. The average molecular weight is 339 g/mol. The average Bonchev–Trinajstić information content (AvgIpc) is 3.02. The number of carbonyl (C=O) groups excluding carboxylic acids is 1. The number of aromatic nitrogens is 2. The first kappa shape index (κ1) is 17.2. The first-order valence-electron chi connectivity index (χ1n) is 7.21. The third-order valence-corrected chi connectivity index (χ3v) is 3.68. The number of aliphatic hydroxyl groups excluding tert-OH is 1. The predicted octanol–water partition coefficient (Wildman–Crippen LogP) is 1.95. The van der Waals surface area contributed by atoms with E-state index in [1.165, 1.54) is 4.90 Å². The number of amides is 2. The molecule has 1 aromatic heterocycles. The Balaban J connectivity index is 1.85. The first-order valence-corrected chi connectivity index (χ1v) is 7.59. The molecule has 0 radical (unpaired) electrons. The van der Waals surface area contributed by atoms with Gasteiger partial charge in [-0.15, -0.1) is 0 Å². The Morgan fingerprint density at radius 2 is 2.13 bits per heavy atom. The molecule has 2 N–H and O–H groups in total. The summed E-state index contributed by atoms with van der Waals surface area (Å²) >= 11 is 5.84. The smallest absolute Gasteiger partial charge is 0.317 e. The van der Waals surface area contributed by atoms with Crippen molar-refractivity contribution in [1.82, 2.24) is 20.4 Å². The van der Waals surface area contributed by atoms with E-state index in [2.05, 4.69) is 15.5 Å². The molecule has 1 atom stereocenters. The molecule has 1 unspecified atom stereocenters. The summed E-state index contributed by atoms with van der Waals surface area (Å²) in [5, 5.41) is 16.3. The van der Waals surface area contributed by atoms with E-state index in [9.17, 15) is 4.79 Å². The van der Waals surface area contributed by atoms with Crippen LogP contribution in [0, 0.1) is 0 Å². The molecule has 2 aromatic rings. The minimum atomic E-state index is -0.260. The van der Waals surface area contributed by atoms with Crippen LogP contribution in [0.2, 0.25) is 5.02 Å². The van der Waals surface area contributed by atoms with Crippen LogP contribution in [0.15, 0.2) is 28.8 Å². The van der Waals surface area contributed by atoms with Crippen LogP contribution < -0.4 is 5.32 Å². The van der Waals surface area contributed by atoms with Gasteiger partial charge in [-0.2, -0.15) is 4.98 Å². The highest BCUT2D eigenvalue weighted by molar-refractivity contribution is 6.30. The first-order chi connectivity index (χ1) is 11.0. The van der Waals surface area contributed by atoms with Crippen molar-refractivity contribution in [3.05, 3.63) is 35.2 Å². The fourth-order valence-electron chi connectivity index (χ4n) is 1.80. The van der Waals surface area contributed by atoms with Gasteiger partial charge in [-0.05, 0) is 31.2 Å². The van der Waals surface area contributed by atoms with Crippen LogP contribution >= 0.6 is 11.6 Å². The second-order valence-electron chi connectivity index (χ2n) is 5.14. The zero-order valence-electron chi connectivity index (χ0n) is 13.0. The highest BCUT2D eigenvalue weighted by Crippen LogP contribution is 2.18. The normalized spacial score (nSPS) is 12.0. The SMILES string of the molecule is CC(CO)N(C)C(=O)NCCc1nc(-c2ccc(Cl)cc2)no1. The van der Waals surface area contributed by atoms with Crippen LogP contribution in [-0.4, -0.2) is 52.4 Å². The summed E-state index contributed by atoms with van der Waals surface area (Å²) < 4.78 is 5.16. The molecule has 0 aliphatic heterocycles. The van der Waals surface area contributed by atoms with Gasteiger partial charge in [0.15, 0.2) is 0 Å². The van der Waals surface area contributed by atoms with E-state index >= 15 is 0 Å². The van der Waals surface area contributed by atoms with Gasteiger partial charge in [-0.1, -0.05) is 16.8 Å². The maximum Gasteiger partial charge on any atom is 0.317 e. The Morgan fingerprint density at radius 1 is 1.43 bits per heavy atom. The van der Waals surface area contributed by atoms with E-state index in [4.69, 9.17) is 21.2 Å². The van der Waals surface area contributed by atoms with Gasteiger partial charge >= 0.3 is 6.03 Å². The largest absolute Gasteiger partial charge is 0.394 e. The third kappa shape index (κ3) is 4.67. The topological polar surface area (TPSA) is 91.5 Å². The maximum absolute atomic E-state index is 11.8. The van der Waals surface area contributed by atoms with Crippen molar-refractivity contribution in [2.75, 3.05) is 20.2 Å². The maximum atomic E-state index is 11.8. The molecule has 23 heavy (non-hydrogen) atoms. The number of nitrogens with zero attached hydrogens (tertiary/aromatic N) is 3. The number of rotatable bonds is 6. The summed E-state index contributed by atoms with van der Waals surface area (Å²) in [4.78, 5) is 17.5. The zero-order chi connectivity index (χ0) is 16.8. The molecule has 124 valence electrons. The number of carbonyl (C=O) groups is 1. The Kier molecular flexibility index (Phi) is 5.95. The highest BCUT2D eigenvalue weighted by Gasteiger charge is 2.15. The van der Waals surface area contributed by atoms with E-state index < -0.39 is 0 Å². The quantitative estimate of drug-likeness (QED) is 0.840. The van der Waals surface area contributed by atoms with Crippen molar-refractivity contribution in [3.8, 4) is 11.4 Å². The van der Waals surface area contributed by atoms with Crippen LogP contribution in [0.5, 0.6) is 0 Å². The molecule has 0 saturated carbocycles. The number of hydrogen-bond donors (Lipinski definition) is 2. The van der Waals surface area contributed by atoms with Gasteiger partial charge in [0.25, 0.3) is 0 Å². The molecule has 2 amide bonds. The molecule has 0 fully saturated rings. The Morgan fingerprint density at radius 3 is 2.78 bits per heavy atom. The Bertz CT molecular complexity index is 644. The molecule has 0 spiro atoms. The van der Waals surface area contributed by atoms with E-state index in [1.807, 2.05) is 12.1 Å². The molecule has 0 aliphatic rings. The van der Waals surface area contributed by atoms with Gasteiger partial charge in [-0.3, -0.25) is 0 Å². The zero-order valence-corrected chi connectivity index (χ0v) is 13.7. The van der Waals surface area contributed by atoms with Gasteiger partial charge < -0.3 is 19.8 Å². The fourth-order valence-corrected chi connectivity index (χ4v) is 1.92. The van der Waals surface area contributed by atoms with Crippen LogP contribution in [0.3, 0.4) is 0 Å². The van der Waals surface area contributed by atoms with E-state index in [0.717, 1.165) is 5.56 Å². The molecule has 8 heteroatoms. The third-order valence-electron chi connectivity index (χ3n) is 3.43. The van der Waals surface area contributed by atoms with Gasteiger partial charge in [0, 0.05) is 30.6 Å². The lowest BCUT2D eigenvalue weighted by Gasteiger charge is -2.23. The van der Waals surface area contributed by atoms with Gasteiger partial charge in [0.2, 0.25) is 11.7 Å². The number of nitrogens with one attached hydrogen (secondary N) is 1. The lowest BCUT2D eigenvalue weighted by molar-refractivity contribution is 0.157. The van der Waals surface area contributed by atoms with Crippen LogP contribution in [0.4, 0.5) is 4.79 Å². The lowest BCUT2D eigenvalue weighted by atomic mass is 10.2. The van der Waals surface area contributed by atoms with Gasteiger partial charge in [0.05, 0.1) is 12.6 Å². The number of hydrogen-bond acceptors (Lipinski definition) is 5. The minimum Gasteiger partial charge on any atom is -0.394 e. The summed E-state index contributed by atoms with van der Waals surface area (Å²) in [6.45, 7) is 2.04. The second kappa shape index (κ2) is 7.94. The molecule has 1 aromatic carbocycles. The number of likely N-dealkylation sites (N-methyl/N-ethyl adjacent to an activating group) is 1. The highest BCUT2D eigenvalue weighted by atomic mass is 35.5. The van der Waals surface area contributed by atoms with Gasteiger partial charge in [0.1, 0.15) is 0 Å². The van der Waals surface area contributed by atoms with Crippen molar-refractivity contribution in [2.45, 2.75) is 19.4 Å². The molecule has 2 rings (SSSR count). The fraction of sp³-hybridized carbons (Fsp3) is 0.400. The Hall–Kier alpha value is -2.12. The van der Waals surface area contributed by atoms with Crippen molar-refractivity contribution >= 4 is 17.6 Å². The Labute approximate surface area is 139 Å². The summed E-state index contributed by atoms with van der Waals surface area (Å²) in [5.74, 6) is 0.919. The second-order valence-corrected chi connectivity index (χ2v) is 5.58. The summed E-state index contributed by atoms with van der Waals surface area (Å²) in [5.41, 5.74) is 0.810. The monoisotopic (exact) mass is 338 g/mol. The molecule has 0 saturated heterocycles. The molecular formula is C15H19ClN4O3. The lowest BCUT2D eigenvalue weighted by Crippen LogP contribution is -2.44. The molecule has 7 nitrogen and oxygen atoms in total. The van der Waals surface area contributed by atoms with Gasteiger partial charge in [-0.25, -0.2) is 4.79 Å². The standard InChI is InChI=1S/C15H19ClN4O3/c1-10(9-21)20(2)15(22)17-8-7-13-18-14(19-23-13)11-3-5-12(16)6-4-11/h3-6,10,21H,7-9H2,1-2H3,(H,17,22). The van der Waals surface area contributed by atoms with Crippen molar-refractivity contribution in [2.24, 2.45) is 0 Å². The molecule has 1 heterocycles. The number of urea groups is 1. The summed E-state index contributed by atoms with van der Waals surface area (Å²) in [6.07, 6.45) is 0.424. The van der Waals surface area contributed by atoms with Crippen LogP contribution in [-0.2, 0) is 6.42 Å². The van der Waals surface area contributed by atoms with Crippen molar-refractivity contribution in [3.63, 3.8) is 0 Å². The number of benzene rings is 1. The van der Waals surface area contributed by atoms with Crippen molar-refractivity contribution in [1.29, 1.82) is 0 Å². The minimum absolute atomic E-state index is 0.0853. The van der Waals surface area contributed by atoms with E-state index in [-0.39, 0.29) is 18.7 Å². The van der Waals surface area contributed by atoms with Crippen LogP contribution in [0.25, 0.3) is 11.4 Å². The van der Waals surface area contributed by atoms with E-state index in [1.54, 1.807) is 26.1 Å². The summed E-state index contributed by atoms with van der Waals surface area (Å²) in [7, 11) is 1.63. The molecule has 0 aliphatic carbocycles. The van der Waals surface area contributed by atoms with E-state index in [0.29, 0.717) is 29.7 Å². The van der Waals surface area contributed by atoms with Crippen LogP contribution in [0.1, 0.15) is 12.8 Å². The predicted molar refractivity (Wildman–Crippen MR) is 86.2 cm³/mol.